The molecule has 2 unspecified atom stereocenters. The average Bonchev–Trinajstić information content (AvgIpc) is 2.88. The summed E-state index contributed by atoms with van der Waals surface area (Å²) in [5, 5.41) is 0.588. The van der Waals surface area contributed by atoms with Gasteiger partial charge in [0.1, 0.15) is 34.4 Å². The van der Waals surface area contributed by atoms with Crippen molar-refractivity contribution in [1.29, 1.82) is 0 Å². The Hall–Kier alpha value is -4.00. The third kappa shape index (κ3) is 4.61. The second-order valence-corrected chi connectivity index (χ2v) is 9.66. The van der Waals surface area contributed by atoms with Gasteiger partial charge in [-0.1, -0.05) is 37.3 Å². The van der Waals surface area contributed by atoms with E-state index in [9.17, 15) is 9.18 Å². The van der Waals surface area contributed by atoms with Gasteiger partial charge >= 0.3 is 0 Å². The zero-order valence-electron chi connectivity index (χ0n) is 21.0. The number of halogens is 2. The SMILES string of the molecule is COc1ccc(CN(C(C)=O)C2CCC2(C)c2c(F)cccc2Oc2cnc3c(F)cccc3c2)cc1. The van der Waals surface area contributed by atoms with Crippen LogP contribution in [-0.2, 0) is 16.8 Å². The predicted octanol–water partition coefficient (Wildman–Crippen LogP) is 6.78. The van der Waals surface area contributed by atoms with Gasteiger partial charge in [-0.25, -0.2) is 13.8 Å². The van der Waals surface area contributed by atoms with E-state index < -0.39 is 17.0 Å². The lowest BCUT2D eigenvalue weighted by atomic mass is 9.60. The van der Waals surface area contributed by atoms with Gasteiger partial charge in [0.15, 0.2) is 0 Å². The molecule has 0 saturated heterocycles. The number of ether oxygens (including phenoxy) is 2. The van der Waals surface area contributed by atoms with Crippen molar-refractivity contribution in [1.82, 2.24) is 9.88 Å². The number of hydrogen-bond donors (Lipinski definition) is 0. The van der Waals surface area contributed by atoms with Gasteiger partial charge in [-0.2, -0.15) is 0 Å². The maximum atomic E-state index is 15.5. The van der Waals surface area contributed by atoms with Crippen molar-refractivity contribution >= 4 is 16.8 Å². The molecule has 2 atom stereocenters. The van der Waals surface area contributed by atoms with Gasteiger partial charge < -0.3 is 14.4 Å². The van der Waals surface area contributed by atoms with Crippen LogP contribution >= 0.6 is 0 Å². The zero-order chi connectivity index (χ0) is 26.2. The van der Waals surface area contributed by atoms with Crippen molar-refractivity contribution in [3.63, 3.8) is 0 Å². The highest BCUT2D eigenvalue weighted by Gasteiger charge is 2.50. The number of fused-ring (bicyclic) bond motifs is 1. The van der Waals surface area contributed by atoms with Crippen molar-refractivity contribution in [2.24, 2.45) is 0 Å². The molecule has 1 aliphatic carbocycles. The van der Waals surface area contributed by atoms with E-state index in [0.29, 0.717) is 35.4 Å². The van der Waals surface area contributed by atoms with Crippen molar-refractivity contribution in [2.45, 2.75) is 44.7 Å². The van der Waals surface area contributed by atoms with Gasteiger partial charge in [-0.05, 0) is 54.8 Å². The maximum absolute atomic E-state index is 15.5. The molecule has 37 heavy (non-hydrogen) atoms. The molecule has 4 aromatic rings. The molecular formula is C30H28F2N2O3. The third-order valence-electron chi connectivity index (χ3n) is 7.38. The van der Waals surface area contributed by atoms with Crippen LogP contribution in [0.15, 0.2) is 72.9 Å². The standard InChI is InChI=1S/C30H28F2N2O3/c1-19(35)34(18-20-10-12-22(36-3)13-11-20)27-14-15-30(27,2)28-24(31)7-5-9-26(28)37-23-16-21-6-4-8-25(32)29(21)33-17-23/h4-13,16-17,27H,14-15,18H2,1-3H3. The highest BCUT2D eigenvalue weighted by atomic mass is 19.1. The Labute approximate surface area is 214 Å². The minimum Gasteiger partial charge on any atom is -0.497 e. The minimum atomic E-state index is -0.658. The molecule has 0 spiro atoms. The van der Waals surface area contributed by atoms with Crippen LogP contribution in [0, 0.1) is 11.6 Å². The van der Waals surface area contributed by atoms with Crippen LogP contribution < -0.4 is 9.47 Å². The summed E-state index contributed by atoms with van der Waals surface area (Å²) in [4.78, 5) is 18.8. The van der Waals surface area contributed by atoms with E-state index in [1.165, 1.54) is 18.3 Å². The molecule has 1 aliphatic rings. The number of hydrogen-bond acceptors (Lipinski definition) is 4. The first kappa shape index (κ1) is 24.7. The Bertz CT molecular complexity index is 1460. The molecule has 0 radical (unpaired) electrons. The molecule has 1 saturated carbocycles. The van der Waals surface area contributed by atoms with Gasteiger partial charge in [0.25, 0.3) is 0 Å². The monoisotopic (exact) mass is 502 g/mol. The molecule has 190 valence electrons. The van der Waals surface area contributed by atoms with E-state index in [0.717, 1.165) is 17.7 Å². The Morgan fingerprint density at radius 2 is 1.78 bits per heavy atom. The summed E-state index contributed by atoms with van der Waals surface area (Å²) < 4.78 is 40.9. The maximum Gasteiger partial charge on any atom is 0.220 e. The second kappa shape index (κ2) is 9.81. The van der Waals surface area contributed by atoms with Crippen LogP contribution in [0.4, 0.5) is 8.78 Å². The van der Waals surface area contributed by atoms with E-state index >= 15 is 4.39 Å². The third-order valence-corrected chi connectivity index (χ3v) is 7.38. The van der Waals surface area contributed by atoms with Crippen molar-refractivity contribution in [3.8, 4) is 17.2 Å². The summed E-state index contributed by atoms with van der Waals surface area (Å²) in [5.41, 5.74) is 0.974. The summed E-state index contributed by atoms with van der Waals surface area (Å²) in [5.74, 6) is 0.597. The number of benzene rings is 3. The van der Waals surface area contributed by atoms with Crippen LogP contribution in [0.5, 0.6) is 17.2 Å². The van der Waals surface area contributed by atoms with E-state index in [4.69, 9.17) is 9.47 Å². The van der Waals surface area contributed by atoms with Crippen molar-refractivity contribution in [2.75, 3.05) is 7.11 Å². The van der Waals surface area contributed by atoms with Gasteiger partial charge in [0.2, 0.25) is 5.91 Å². The fraction of sp³-hybridized carbons (Fsp3) is 0.267. The number of carbonyl (C=O) groups is 1. The molecule has 3 aromatic carbocycles. The van der Waals surface area contributed by atoms with Crippen molar-refractivity contribution in [3.05, 3.63) is 95.7 Å². The van der Waals surface area contributed by atoms with Gasteiger partial charge in [-0.15, -0.1) is 0 Å². The second-order valence-electron chi connectivity index (χ2n) is 9.66. The van der Waals surface area contributed by atoms with Crippen LogP contribution in [-0.4, -0.2) is 28.9 Å². The number of carbonyl (C=O) groups excluding carboxylic acids is 1. The molecule has 7 heteroatoms. The molecule has 5 rings (SSSR count). The number of methoxy groups -OCH3 is 1. The molecule has 0 aliphatic heterocycles. The molecule has 0 bridgehead atoms. The molecule has 5 nitrogen and oxygen atoms in total. The number of para-hydroxylation sites is 1. The highest BCUT2D eigenvalue weighted by molar-refractivity contribution is 5.80. The smallest absolute Gasteiger partial charge is 0.220 e. The first-order valence-electron chi connectivity index (χ1n) is 12.2. The van der Waals surface area contributed by atoms with Crippen LogP contribution in [0.2, 0.25) is 0 Å². The number of amides is 1. The fourth-order valence-electron chi connectivity index (χ4n) is 5.30. The van der Waals surface area contributed by atoms with Gasteiger partial charge in [0.05, 0.1) is 13.3 Å². The number of aromatic nitrogens is 1. The van der Waals surface area contributed by atoms with E-state index in [1.807, 2.05) is 36.1 Å². The molecule has 1 fully saturated rings. The Morgan fingerprint density at radius 1 is 1.05 bits per heavy atom. The topological polar surface area (TPSA) is 51.7 Å². The Balaban J connectivity index is 1.47. The molecule has 0 N–H and O–H groups in total. The molecule has 1 amide bonds. The van der Waals surface area contributed by atoms with E-state index in [2.05, 4.69) is 4.98 Å². The normalized spacial score (nSPS) is 18.8. The molecular weight excluding hydrogens is 474 g/mol. The number of rotatable bonds is 7. The highest BCUT2D eigenvalue weighted by Crippen LogP contribution is 2.51. The minimum absolute atomic E-state index is 0.0775. The van der Waals surface area contributed by atoms with Gasteiger partial charge in [-0.3, -0.25) is 4.79 Å². The summed E-state index contributed by atoms with van der Waals surface area (Å²) in [6.45, 7) is 3.93. The van der Waals surface area contributed by atoms with Gasteiger partial charge in [0, 0.05) is 35.9 Å². The lowest BCUT2D eigenvalue weighted by Gasteiger charge is -2.52. The molecule has 1 heterocycles. The Morgan fingerprint density at radius 3 is 2.46 bits per heavy atom. The lowest BCUT2D eigenvalue weighted by molar-refractivity contribution is -0.136. The lowest BCUT2D eigenvalue weighted by Crippen LogP contribution is -2.58. The zero-order valence-corrected chi connectivity index (χ0v) is 21.0. The Kier molecular flexibility index (Phi) is 6.54. The van der Waals surface area contributed by atoms with Crippen molar-refractivity contribution < 1.29 is 23.0 Å². The summed E-state index contributed by atoms with van der Waals surface area (Å²) >= 11 is 0. The van der Waals surface area contributed by atoms with Crippen LogP contribution in [0.3, 0.4) is 0 Å². The molecule has 1 aromatic heterocycles. The van der Waals surface area contributed by atoms with Crippen LogP contribution in [0.1, 0.15) is 37.8 Å². The summed E-state index contributed by atoms with van der Waals surface area (Å²) in [6, 6.07) is 18.5. The number of nitrogens with zero attached hydrogens (tertiary/aromatic N) is 2. The fourth-order valence-corrected chi connectivity index (χ4v) is 5.30. The quantitative estimate of drug-likeness (QED) is 0.279. The summed E-state index contributed by atoms with van der Waals surface area (Å²) in [6.07, 6.45) is 2.88. The van der Waals surface area contributed by atoms with Crippen LogP contribution in [0.25, 0.3) is 10.9 Å². The number of pyridine rings is 1. The largest absolute Gasteiger partial charge is 0.497 e. The average molecular weight is 503 g/mol. The predicted molar refractivity (Wildman–Crippen MR) is 138 cm³/mol. The summed E-state index contributed by atoms with van der Waals surface area (Å²) in [7, 11) is 1.61. The van der Waals surface area contributed by atoms with E-state index in [-0.39, 0.29) is 17.5 Å². The first-order valence-corrected chi connectivity index (χ1v) is 12.2. The van der Waals surface area contributed by atoms with E-state index in [1.54, 1.807) is 44.4 Å². The first-order chi connectivity index (χ1) is 17.8.